The topological polar surface area (TPSA) is 38.3 Å². The van der Waals surface area contributed by atoms with Crippen molar-refractivity contribution in [1.29, 1.82) is 0 Å². The lowest BCUT2D eigenvalue weighted by Crippen LogP contribution is -2.30. The summed E-state index contributed by atoms with van der Waals surface area (Å²) in [6.07, 6.45) is 0. The highest BCUT2D eigenvalue weighted by Gasteiger charge is 2.09. The van der Waals surface area contributed by atoms with E-state index in [0.29, 0.717) is 6.61 Å². The summed E-state index contributed by atoms with van der Waals surface area (Å²) in [7, 11) is 0. The molecule has 0 spiro atoms. The highest BCUT2D eigenvalue weighted by atomic mass is 79.9. The second-order valence-corrected chi connectivity index (χ2v) is 5.73. The van der Waals surface area contributed by atoms with Gasteiger partial charge in [-0.15, -0.1) is 0 Å². The first kappa shape index (κ1) is 15.7. The van der Waals surface area contributed by atoms with E-state index < -0.39 is 0 Å². The summed E-state index contributed by atoms with van der Waals surface area (Å²) in [5.74, 6) is -0.110. The van der Waals surface area contributed by atoms with E-state index in [0.717, 1.165) is 15.6 Å². The lowest BCUT2D eigenvalue weighted by atomic mass is 10.1. The number of carbonyl (C=O) groups is 1. The van der Waals surface area contributed by atoms with E-state index in [1.807, 2.05) is 61.5 Å². The quantitative estimate of drug-likeness (QED) is 0.861. The summed E-state index contributed by atoms with van der Waals surface area (Å²) in [6.45, 7) is 2.47. The Hall–Kier alpha value is -1.65. The molecule has 21 heavy (non-hydrogen) atoms. The molecular formula is C17H18BrNO2. The molecule has 2 aromatic carbocycles. The average molecular weight is 348 g/mol. The molecule has 0 aromatic heterocycles. The van der Waals surface area contributed by atoms with Crippen molar-refractivity contribution in [2.45, 2.75) is 19.6 Å². The molecule has 0 heterocycles. The maximum atomic E-state index is 11.8. The second kappa shape index (κ2) is 7.96. The molecule has 1 amide bonds. The Bertz CT molecular complexity index is 569. The fourth-order valence-corrected chi connectivity index (χ4v) is 2.22. The molecule has 1 atom stereocenters. The Morgan fingerprint density at radius 3 is 2.48 bits per heavy atom. The van der Waals surface area contributed by atoms with Crippen LogP contribution in [0.2, 0.25) is 0 Å². The van der Waals surface area contributed by atoms with Crippen LogP contribution in [0.25, 0.3) is 0 Å². The minimum absolute atomic E-state index is 0.0362. The van der Waals surface area contributed by atoms with E-state index in [1.54, 1.807) is 0 Å². The van der Waals surface area contributed by atoms with Crippen LogP contribution >= 0.6 is 15.9 Å². The first-order chi connectivity index (χ1) is 10.1. The van der Waals surface area contributed by atoms with E-state index in [-0.39, 0.29) is 18.6 Å². The number of amides is 1. The standard InChI is InChI=1S/C17H18BrNO2/c1-13(15-7-9-16(18)10-8-15)19-17(20)12-21-11-14-5-3-2-4-6-14/h2-10,13H,11-12H2,1H3,(H,19,20). The number of ether oxygens (including phenoxy) is 1. The molecule has 1 unspecified atom stereocenters. The molecule has 0 fully saturated rings. The summed E-state index contributed by atoms with van der Waals surface area (Å²) in [5.41, 5.74) is 2.13. The van der Waals surface area contributed by atoms with Gasteiger partial charge in [0.1, 0.15) is 6.61 Å². The van der Waals surface area contributed by atoms with Gasteiger partial charge in [-0.2, -0.15) is 0 Å². The molecule has 2 rings (SSSR count). The van der Waals surface area contributed by atoms with Crippen molar-refractivity contribution in [3.8, 4) is 0 Å². The van der Waals surface area contributed by atoms with Gasteiger partial charge in [-0.05, 0) is 30.2 Å². The highest BCUT2D eigenvalue weighted by molar-refractivity contribution is 9.10. The van der Waals surface area contributed by atoms with E-state index in [2.05, 4.69) is 21.2 Å². The van der Waals surface area contributed by atoms with Gasteiger partial charge in [0.2, 0.25) is 5.91 Å². The van der Waals surface area contributed by atoms with Gasteiger partial charge in [-0.3, -0.25) is 4.79 Å². The van der Waals surface area contributed by atoms with Crippen LogP contribution in [0, 0.1) is 0 Å². The number of benzene rings is 2. The van der Waals surface area contributed by atoms with Crippen LogP contribution < -0.4 is 5.32 Å². The summed E-state index contributed by atoms with van der Waals surface area (Å²) in [6, 6.07) is 17.7. The van der Waals surface area contributed by atoms with Crippen LogP contribution in [0.15, 0.2) is 59.1 Å². The van der Waals surface area contributed by atoms with Crippen molar-refractivity contribution in [2.75, 3.05) is 6.61 Å². The maximum absolute atomic E-state index is 11.8. The zero-order valence-corrected chi connectivity index (χ0v) is 13.5. The van der Waals surface area contributed by atoms with Crippen molar-refractivity contribution in [3.63, 3.8) is 0 Å². The summed E-state index contributed by atoms with van der Waals surface area (Å²) < 4.78 is 6.44. The van der Waals surface area contributed by atoms with Gasteiger partial charge in [-0.1, -0.05) is 58.4 Å². The molecule has 4 heteroatoms. The average Bonchev–Trinajstić information content (AvgIpc) is 2.49. The number of hydrogen-bond acceptors (Lipinski definition) is 2. The van der Waals surface area contributed by atoms with E-state index >= 15 is 0 Å². The fraction of sp³-hybridized carbons (Fsp3) is 0.235. The van der Waals surface area contributed by atoms with Gasteiger partial charge in [0, 0.05) is 4.47 Å². The normalized spacial score (nSPS) is 11.9. The number of carbonyl (C=O) groups excluding carboxylic acids is 1. The van der Waals surface area contributed by atoms with E-state index in [1.165, 1.54) is 0 Å². The van der Waals surface area contributed by atoms with Crippen molar-refractivity contribution >= 4 is 21.8 Å². The van der Waals surface area contributed by atoms with Crippen molar-refractivity contribution in [3.05, 3.63) is 70.2 Å². The van der Waals surface area contributed by atoms with Gasteiger partial charge in [0.25, 0.3) is 0 Å². The van der Waals surface area contributed by atoms with Crippen LogP contribution in [0.1, 0.15) is 24.1 Å². The van der Waals surface area contributed by atoms with Crippen LogP contribution in [0.4, 0.5) is 0 Å². The summed E-state index contributed by atoms with van der Waals surface area (Å²) in [4.78, 5) is 11.8. The summed E-state index contributed by atoms with van der Waals surface area (Å²) in [5, 5.41) is 2.92. The van der Waals surface area contributed by atoms with Crippen molar-refractivity contribution < 1.29 is 9.53 Å². The second-order valence-electron chi connectivity index (χ2n) is 4.82. The monoisotopic (exact) mass is 347 g/mol. The lowest BCUT2D eigenvalue weighted by molar-refractivity contribution is -0.126. The first-order valence-electron chi connectivity index (χ1n) is 6.81. The molecule has 2 aromatic rings. The minimum atomic E-state index is -0.110. The van der Waals surface area contributed by atoms with Gasteiger partial charge in [0.15, 0.2) is 0 Å². The molecule has 110 valence electrons. The van der Waals surface area contributed by atoms with E-state index in [9.17, 15) is 4.79 Å². The summed E-state index contributed by atoms with van der Waals surface area (Å²) >= 11 is 3.39. The van der Waals surface area contributed by atoms with Gasteiger partial charge < -0.3 is 10.1 Å². The third kappa shape index (κ3) is 5.33. The maximum Gasteiger partial charge on any atom is 0.246 e. The smallest absolute Gasteiger partial charge is 0.246 e. The zero-order chi connectivity index (χ0) is 15.1. The highest BCUT2D eigenvalue weighted by Crippen LogP contribution is 2.16. The molecule has 0 aliphatic rings. The van der Waals surface area contributed by atoms with Gasteiger partial charge in [0.05, 0.1) is 12.6 Å². The number of hydrogen-bond donors (Lipinski definition) is 1. The van der Waals surface area contributed by atoms with Crippen molar-refractivity contribution in [2.24, 2.45) is 0 Å². The third-order valence-electron chi connectivity index (χ3n) is 3.09. The molecule has 0 radical (unpaired) electrons. The number of halogens is 1. The van der Waals surface area contributed by atoms with Crippen LogP contribution in [0.3, 0.4) is 0 Å². The number of rotatable bonds is 6. The predicted octanol–water partition coefficient (Wildman–Crippen LogP) is 3.84. The molecule has 0 aliphatic heterocycles. The molecule has 0 saturated carbocycles. The van der Waals surface area contributed by atoms with Crippen LogP contribution in [0.5, 0.6) is 0 Å². The SMILES string of the molecule is CC(NC(=O)COCc1ccccc1)c1ccc(Br)cc1. The Kier molecular flexibility index (Phi) is 5.96. The molecular weight excluding hydrogens is 330 g/mol. The first-order valence-corrected chi connectivity index (χ1v) is 7.61. The Morgan fingerprint density at radius 1 is 1.14 bits per heavy atom. The molecule has 0 aliphatic carbocycles. The molecule has 1 N–H and O–H groups in total. The third-order valence-corrected chi connectivity index (χ3v) is 3.62. The Labute approximate surface area is 133 Å². The lowest BCUT2D eigenvalue weighted by Gasteiger charge is -2.14. The van der Waals surface area contributed by atoms with Gasteiger partial charge >= 0.3 is 0 Å². The van der Waals surface area contributed by atoms with E-state index in [4.69, 9.17) is 4.74 Å². The number of nitrogens with one attached hydrogen (secondary N) is 1. The Morgan fingerprint density at radius 2 is 1.81 bits per heavy atom. The van der Waals surface area contributed by atoms with Crippen molar-refractivity contribution in [1.82, 2.24) is 5.32 Å². The predicted molar refractivity (Wildman–Crippen MR) is 86.8 cm³/mol. The van der Waals surface area contributed by atoms with Crippen LogP contribution in [-0.2, 0) is 16.1 Å². The van der Waals surface area contributed by atoms with Gasteiger partial charge in [-0.25, -0.2) is 0 Å². The molecule has 0 saturated heterocycles. The molecule has 0 bridgehead atoms. The van der Waals surface area contributed by atoms with Crippen LogP contribution in [-0.4, -0.2) is 12.5 Å². The Balaban J connectivity index is 1.75. The minimum Gasteiger partial charge on any atom is -0.367 e. The zero-order valence-electron chi connectivity index (χ0n) is 11.9. The fourth-order valence-electron chi connectivity index (χ4n) is 1.95. The molecule has 3 nitrogen and oxygen atoms in total. The largest absolute Gasteiger partial charge is 0.367 e.